The lowest BCUT2D eigenvalue weighted by molar-refractivity contribution is 0.0336. The largest absolute Gasteiger partial charge is 0.507 e. The van der Waals surface area contributed by atoms with Crippen molar-refractivity contribution in [3.05, 3.63) is 64.4 Å². The molecule has 5 nitrogen and oxygen atoms in total. The van der Waals surface area contributed by atoms with E-state index >= 15 is 0 Å². The van der Waals surface area contributed by atoms with E-state index in [4.69, 9.17) is 9.47 Å². The van der Waals surface area contributed by atoms with Crippen LogP contribution in [0.3, 0.4) is 0 Å². The fourth-order valence-corrected chi connectivity index (χ4v) is 3.43. The maximum Gasteiger partial charge on any atom is 0.231 e. The molecule has 0 aromatic heterocycles. The second-order valence-corrected chi connectivity index (χ2v) is 6.86. The summed E-state index contributed by atoms with van der Waals surface area (Å²) in [6, 6.07) is 11.3. The number of carbonyl (C=O) groups is 1. The number of morpholine rings is 1. The Morgan fingerprint density at radius 1 is 1.11 bits per heavy atom. The van der Waals surface area contributed by atoms with E-state index in [0.29, 0.717) is 42.4 Å². The molecule has 140 valence electrons. The van der Waals surface area contributed by atoms with E-state index in [1.54, 1.807) is 18.2 Å². The van der Waals surface area contributed by atoms with Crippen molar-refractivity contribution in [2.75, 3.05) is 26.3 Å². The molecule has 0 unspecified atom stereocenters. The molecule has 0 saturated carbocycles. The second kappa shape index (κ2) is 7.55. The normalized spacial score (nSPS) is 18.6. The smallest absolute Gasteiger partial charge is 0.231 e. The topological polar surface area (TPSA) is 59.0 Å². The molecule has 1 saturated heterocycles. The predicted molar refractivity (Wildman–Crippen MR) is 103 cm³/mol. The van der Waals surface area contributed by atoms with Crippen molar-refractivity contribution in [3.8, 4) is 11.5 Å². The van der Waals surface area contributed by atoms with E-state index < -0.39 is 0 Å². The highest BCUT2D eigenvalue weighted by Crippen LogP contribution is 2.40. The number of phenols is 1. The third-order valence-electron chi connectivity index (χ3n) is 5.09. The molecule has 1 fully saturated rings. The highest BCUT2D eigenvalue weighted by atomic mass is 16.5. The standard InChI is InChI=1S/C22H23NO4/c1-2-15-3-5-16(6-4-15)13-20-21(25)17-7-8-19(24)18(22(17)27-20)14-23-9-11-26-12-10-23/h3-8,13,24H,2,9-12,14H2,1H3. The number of hydrogen-bond donors (Lipinski definition) is 1. The van der Waals surface area contributed by atoms with Crippen LogP contribution in [0.1, 0.15) is 34.0 Å². The van der Waals surface area contributed by atoms with E-state index in [0.717, 1.165) is 25.1 Å². The molecule has 2 aliphatic heterocycles. The van der Waals surface area contributed by atoms with Crippen LogP contribution in [-0.4, -0.2) is 42.1 Å². The van der Waals surface area contributed by atoms with Crippen molar-refractivity contribution in [1.29, 1.82) is 0 Å². The van der Waals surface area contributed by atoms with Crippen molar-refractivity contribution < 1.29 is 19.4 Å². The molecule has 2 aromatic rings. The first-order valence-corrected chi connectivity index (χ1v) is 9.34. The zero-order valence-corrected chi connectivity index (χ0v) is 15.4. The molecule has 0 aliphatic carbocycles. The van der Waals surface area contributed by atoms with Crippen molar-refractivity contribution >= 4 is 11.9 Å². The molecular formula is C22H23NO4. The van der Waals surface area contributed by atoms with Crippen LogP contribution in [0.5, 0.6) is 11.5 Å². The fraction of sp³-hybridized carbons (Fsp3) is 0.318. The predicted octanol–water partition coefficient (Wildman–Crippen LogP) is 3.40. The lowest BCUT2D eigenvalue weighted by atomic mass is 10.0. The van der Waals surface area contributed by atoms with Crippen molar-refractivity contribution in [3.63, 3.8) is 0 Å². The summed E-state index contributed by atoms with van der Waals surface area (Å²) in [5, 5.41) is 10.4. The Labute approximate surface area is 158 Å². The van der Waals surface area contributed by atoms with Crippen LogP contribution in [-0.2, 0) is 17.7 Å². The number of ether oxygens (including phenoxy) is 2. The van der Waals surface area contributed by atoms with Crippen molar-refractivity contribution in [2.45, 2.75) is 19.9 Å². The molecule has 2 aliphatic rings. The van der Waals surface area contributed by atoms with Crippen LogP contribution < -0.4 is 4.74 Å². The van der Waals surface area contributed by atoms with Crippen molar-refractivity contribution in [1.82, 2.24) is 4.90 Å². The molecule has 27 heavy (non-hydrogen) atoms. The highest BCUT2D eigenvalue weighted by Gasteiger charge is 2.31. The molecule has 0 atom stereocenters. The summed E-state index contributed by atoms with van der Waals surface area (Å²) in [7, 11) is 0. The van der Waals surface area contributed by atoms with Gasteiger partial charge in [0.15, 0.2) is 5.76 Å². The third kappa shape index (κ3) is 3.61. The quantitative estimate of drug-likeness (QED) is 0.842. The van der Waals surface area contributed by atoms with E-state index in [9.17, 15) is 9.90 Å². The molecule has 2 aromatic carbocycles. The number of hydrogen-bond acceptors (Lipinski definition) is 5. The van der Waals surface area contributed by atoms with Crippen LogP contribution in [0, 0.1) is 0 Å². The van der Waals surface area contributed by atoms with E-state index in [-0.39, 0.29) is 11.5 Å². The number of rotatable bonds is 4. The summed E-state index contributed by atoms with van der Waals surface area (Å²) in [4.78, 5) is 15.0. The molecule has 0 bridgehead atoms. The minimum Gasteiger partial charge on any atom is -0.507 e. The van der Waals surface area contributed by atoms with Gasteiger partial charge in [-0.2, -0.15) is 0 Å². The maximum absolute atomic E-state index is 12.8. The highest BCUT2D eigenvalue weighted by molar-refractivity contribution is 6.15. The molecule has 1 N–H and O–H groups in total. The Morgan fingerprint density at radius 2 is 1.85 bits per heavy atom. The number of nitrogens with zero attached hydrogens (tertiary/aromatic N) is 1. The monoisotopic (exact) mass is 365 g/mol. The number of aryl methyl sites for hydroxylation is 1. The van der Waals surface area contributed by atoms with Crippen LogP contribution in [0.15, 0.2) is 42.2 Å². The molecule has 0 amide bonds. The van der Waals surface area contributed by atoms with Crippen molar-refractivity contribution in [2.24, 2.45) is 0 Å². The Kier molecular flexibility index (Phi) is 4.97. The molecule has 0 spiro atoms. The van der Waals surface area contributed by atoms with Gasteiger partial charge in [-0.05, 0) is 35.8 Å². The maximum atomic E-state index is 12.8. The summed E-state index contributed by atoms with van der Waals surface area (Å²) >= 11 is 0. The van der Waals surface area contributed by atoms with Gasteiger partial charge in [0.2, 0.25) is 5.78 Å². The van der Waals surface area contributed by atoms with Gasteiger partial charge in [0.05, 0.1) is 24.3 Å². The lowest BCUT2D eigenvalue weighted by Gasteiger charge is -2.27. The molecule has 5 heteroatoms. The minimum absolute atomic E-state index is 0.146. The number of fused-ring (bicyclic) bond motifs is 1. The molecule has 2 heterocycles. The van der Waals surface area contributed by atoms with Gasteiger partial charge >= 0.3 is 0 Å². The number of Topliss-reactive ketones (excluding diaryl/α,β-unsaturated/α-hetero) is 1. The number of benzene rings is 2. The van der Waals surface area contributed by atoms with Gasteiger partial charge in [-0.15, -0.1) is 0 Å². The third-order valence-corrected chi connectivity index (χ3v) is 5.09. The lowest BCUT2D eigenvalue weighted by Crippen LogP contribution is -2.35. The second-order valence-electron chi connectivity index (χ2n) is 6.86. The van der Waals surface area contributed by atoms with Crippen LogP contribution in [0.4, 0.5) is 0 Å². The van der Waals surface area contributed by atoms with E-state index in [1.165, 1.54) is 5.56 Å². The SMILES string of the molecule is CCc1ccc(C=C2Oc3c(ccc(O)c3CN3CCOCC3)C2=O)cc1. The van der Waals surface area contributed by atoms with Gasteiger partial charge < -0.3 is 14.6 Å². The van der Waals surface area contributed by atoms with E-state index in [2.05, 4.69) is 24.0 Å². The van der Waals surface area contributed by atoms with Gasteiger partial charge in [0.25, 0.3) is 0 Å². The fourth-order valence-electron chi connectivity index (χ4n) is 3.43. The van der Waals surface area contributed by atoms with Gasteiger partial charge in [-0.3, -0.25) is 9.69 Å². The first-order valence-electron chi connectivity index (χ1n) is 9.34. The zero-order chi connectivity index (χ0) is 18.8. The van der Waals surface area contributed by atoms with Crippen LogP contribution in [0.2, 0.25) is 0 Å². The first-order chi connectivity index (χ1) is 13.2. The average molecular weight is 365 g/mol. The van der Waals surface area contributed by atoms with Crippen LogP contribution in [0.25, 0.3) is 6.08 Å². The first kappa shape index (κ1) is 17.8. The Balaban J connectivity index is 1.62. The minimum atomic E-state index is -0.146. The number of aromatic hydroxyl groups is 1. The average Bonchev–Trinajstić information content (AvgIpc) is 3.01. The zero-order valence-electron chi connectivity index (χ0n) is 15.4. The Morgan fingerprint density at radius 3 is 2.56 bits per heavy atom. The van der Waals surface area contributed by atoms with Crippen LogP contribution >= 0.6 is 0 Å². The van der Waals surface area contributed by atoms with Gasteiger partial charge in [-0.1, -0.05) is 31.2 Å². The summed E-state index contributed by atoms with van der Waals surface area (Å²) < 4.78 is 11.3. The number of carbonyl (C=O) groups excluding carboxylic acids is 1. The molecule has 0 radical (unpaired) electrons. The number of allylic oxidation sites excluding steroid dienone is 1. The summed E-state index contributed by atoms with van der Waals surface area (Å²) in [5.41, 5.74) is 3.33. The Hall–Kier alpha value is -2.63. The van der Waals surface area contributed by atoms with Gasteiger partial charge in [0, 0.05) is 19.6 Å². The van der Waals surface area contributed by atoms with Gasteiger partial charge in [0.1, 0.15) is 11.5 Å². The summed E-state index contributed by atoms with van der Waals surface area (Å²) in [5.74, 6) is 0.778. The number of ketones is 1. The Bertz CT molecular complexity index is 880. The summed E-state index contributed by atoms with van der Waals surface area (Å²) in [6.45, 7) is 5.58. The summed E-state index contributed by atoms with van der Waals surface area (Å²) in [6.07, 6.45) is 2.74. The number of phenolic OH excluding ortho intramolecular Hbond substituents is 1. The van der Waals surface area contributed by atoms with E-state index in [1.807, 2.05) is 12.1 Å². The molecular weight excluding hydrogens is 342 g/mol. The van der Waals surface area contributed by atoms with Gasteiger partial charge in [-0.25, -0.2) is 0 Å². The molecule has 4 rings (SSSR count).